The second-order valence-electron chi connectivity index (χ2n) is 6.34. The summed E-state index contributed by atoms with van der Waals surface area (Å²) in [6, 6.07) is 8.16. The largest absolute Gasteiger partial charge is 0.394 e. The maximum absolute atomic E-state index is 12.5. The lowest BCUT2D eigenvalue weighted by atomic mass is 9.88. The van der Waals surface area contributed by atoms with E-state index in [4.69, 9.17) is 0 Å². The van der Waals surface area contributed by atoms with Crippen molar-refractivity contribution in [3.63, 3.8) is 0 Å². The molecule has 23 heavy (non-hydrogen) atoms. The standard InChI is InChI=1S/C18H28N2O3/c1-2-6-13-9-10-19-15(11-13)18(23)20-16(12-21)17(22)14-7-4-3-5-8-14/h3-5,7-8,13,15-17,19,21-22H,2,6,9-12H2,1H3,(H,20,23)/t13-,15+,16+,17+/m1/s1. The predicted octanol–water partition coefficient (Wildman–Crippen LogP) is 1.37. The van der Waals surface area contributed by atoms with Gasteiger partial charge in [0.1, 0.15) is 6.10 Å². The summed E-state index contributed by atoms with van der Waals surface area (Å²) in [6.45, 7) is 2.70. The summed E-state index contributed by atoms with van der Waals surface area (Å²) < 4.78 is 0. The maximum atomic E-state index is 12.5. The normalized spacial score (nSPS) is 24.0. The molecular weight excluding hydrogens is 292 g/mol. The van der Waals surface area contributed by atoms with Gasteiger partial charge >= 0.3 is 0 Å². The quantitative estimate of drug-likeness (QED) is 0.611. The molecule has 0 aliphatic carbocycles. The number of aliphatic hydroxyl groups is 2. The zero-order chi connectivity index (χ0) is 16.7. The first-order valence-electron chi connectivity index (χ1n) is 8.53. The summed E-state index contributed by atoms with van der Waals surface area (Å²) >= 11 is 0. The molecule has 1 aliphatic rings. The van der Waals surface area contributed by atoms with Crippen LogP contribution in [0.2, 0.25) is 0 Å². The molecule has 0 radical (unpaired) electrons. The zero-order valence-electron chi connectivity index (χ0n) is 13.7. The highest BCUT2D eigenvalue weighted by molar-refractivity contribution is 5.82. The Kier molecular flexibility index (Phi) is 7.02. The van der Waals surface area contributed by atoms with Crippen molar-refractivity contribution in [1.82, 2.24) is 10.6 Å². The molecule has 1 aliphatic heterocycles. The number of aliphatic hydroxyl groups excluding tert-OH is 2. The van der Waals surface area contributed by atoms with Crippen LogP contribution >= 0.6 is 0 Å². The number of amides is 1. The Hall–Kier alpha value is -1.43. The lowest BCUT2D eigenvalue weighted by molar-refractivity contribution is -0.126. The zero-order valence-corrected chi connectivity index (χ0v) is 13.7. The molecule has 1 fully saturated rings. The average molecular weight is 320 g/mol. The van der Waals surface area contributed by atoms with Crippen LogP contribution < -0.4 is 10.6 Å². The molecule has 4 atom stereocenters. The average Bonchev–Trinajstić information content (AvgIpc) is 2.60. The van der Waals surface area contributed by atoms with E-state index in [2.05, 4.69) is 17.6 Å². The van der Waals surface area contributed by atoms with Gasteiger partial charge in [-0.05, 0) is 30.9 Å². The molecule has 2 rings (SSSR count). The first-order valence-corrected chi connectivity index (χ1v) is 8.53. The highest BCUT2D eigenvalue weighted by Crippen LogP contribution is 2.22. The summed E-state index contributed by atoms with van der Waals surface area (Å²) in [7, 11) is 0. The second-order valence-corrected chi connectivity index (χ2v) is 6.34. The van der Waals surface area contributed by atoms with Crippen LogP contribution in [0.15, 0.2) is 30.3 Å². The minimum atomic E-state index is -0.917. The Morgan fingerprint density at radius 2 is 2.13 bits per heavy atom. The van der Waals surface area contributed by atoms with Gasteiger partial charge in [-0.2, -0.15) is 0 Å². The van der Waals surface area contributed by atoms with E-state index in [1.54, 1.807) is 12.1 Å². The van der Waals surface area contributed by atoms with Crippen LogP contribution in [-0.2, 0) is 4.79 Å². The monoisotopic (exact) mass is 320 g/mol. The summed E-state index contributed by atoms with van der Waals surface area (Å²) in [5.41, 5.74) is 0.687. The third-order valence-electron chi connectivity index (χ3n) is 4.57. The fourth-order valence-corrected chi connectivity index (χ4v) is 3.26. The molecular formula is C18H28N2O3. The van der Waals surface area contributed by atoms with Crippen LogP contribution in [0.4, 0.5) is 0 Å². The summed E-state index contributed by atoms with van der Waals surface area (Å²) in [5, 5.41) is 26.0. The van der Waals surface area contributed by atoms with Gasteiger partial charge in [-0.3, -0.25) is 4.79 Å². The predicted molar refractivity (Wildman–Crippen MR) is 89.8 cm³/mol. The van der Waals surface area contributed by atoms with Crippen molar-refractivity contribution in [2.75, 3.05) is 13.2 Å². The molecule has 4 N–H and O–H groups in total. The van der Waals surface area contributed by atoms with Crippen molar-refractivity contribution in [1.29, 1.82) is 0 Å². The lowest BCUT2D eigenvalue weighted by Crippen LogP contribution is -2.53. The van der Waals surface area contributed by atoms with Gasteiger partial charge in [-0.1, -0.05) is 50.1 Å². The van der Waals surface area contributed by atoms with E-state index in [1.807, 2.05) is 18.2 Å². The fraction of sp³-hybridized carbons (Fsp3) is 0.611. The van der Waals surface area contributed by atoms with Gasteiger partial charge in [-0.25, -0.2) is 0 Å². The molecule has 0 spiro atoms. The Labute approximate surface area is 138 Å². The minimum Gasteiger partial charge on any atom is -0.394 e. The van der Waals surface area contributed by atoms with E-state index >= 15 is 0 Å². The van der Waals surface area contributed by atoms with Gasteiger partial charge in [0.15, 0.2) is 0 Å². The van der Waals surface area contributed by atoms with Crippen molar-refractivity contribution in [2.24, 2.45) is 5.92 Å². The van der Waals surface area contributed by atoms with E-state index in [9.17, 15) is 15.0 Å². The number of carbonyl (C=O) groups excluding carboxylic acids is 1. The maximum Gasteiger partial charge on any atom is 0.237 e. The van der Waals surface area contributed by atoms with Crippen LogP contribution in [0.1, 0.15) is 44.3 Å². The molecule has 1 heterocycles. The van der Waals surface area contributed by atoms with Crippen LogP contribution in [0, 0.1) is 5.92 Å². The number of hydrogen-bond acceptors (Lipinski definition) is 4. The third-order valence-corrected chi connectivity index (χ3v) is 4.57. The Morgan fingerprint density at radius 3 is 2.78 bits per heavy atom. The van der Waals surface area contributed by atoms with Crippen LogP contribution in [0.3, 0.4) is 0 Å². The summed E-state index contributed by atoms with van der Waals surface area (Å²) in [5.74, 6) is 0.434. The second kappa shape index (κ2) is 9.01. The molecule has 5 nitrogen and oxygen atoms in total. The van der Waals surface area contributed by atoms with Crippen molar-refractivity contribution >= 4 is 5.91 Å². The number of rotatable bonds is 7. The number of carbonyl (C=O) groups is 1. The van der Waals surface area contributed by atoms with Gasteiger partial charge in [0.2, 0.25) is 5.91 Å². The first kappa shape index (κ1) is 17.9. The third kappa shape index (κ3) is 5.03. The lowest BCUT2D eigenvalue weighted by Gasteiger charge is -2.31. The first-order chi connectivity index (χ1) is 11.2. The Morgan fingerprint density at radius 1 is 1.39 bits per heavy atom. The fourth-order valence-electron chi connectivity index (χ4n) is 3.26. The van der Waals surface area contributed by atoms with Gasteiger partial charge < -0.3 is 20.8 Å². The molecule has 0 aromatic heterocycles. The van der Waals surface area contributed by atoms with Crippen molar-refractivity contribution in [3.8, 4) is 0 Å². The molecule has 0 saturated carbocycles. The van der Waals surface area contributed by atoms with Gasteiger partial charge in [-0.15, -0.1) is 0 Å². The van der Waals surface area contributed by atoms with Crippen LogP contribution in [-0.4, -0.2) is 41.4 Å². The van der Waals surface area contributed by atoms with Crippen LogP contribution in [0.25, 0.3) is 0 Å². The van der Waals surface area contributed by atoms with Gasteiger partial charge in [0.05, 0.1) is 18.7 Å². The molecule has 1 saturated heterocycles. The number of benzene rings is 1. The molecule has 128 valence electrons. The smallest absolute Gasteiger partial charge is 0.237 e. The van der Waals surface area contributed by atoms with Crippen molar-refractivity contribution in [2.45, 2.75) is 50.8 Å². The Bertz CT molecular complexity index is 478. The SMILES string of the molecule is CCC[C@@H]1CCN[C@H](C(=O)N[C@@H](CO)[C@@H](O)c2ccccc2)C1. The number of nitrogens with one attached hydrogen (secondary N) is 2. The topological polar surface area (TPSA) is 81.6 Å². The Balaban J connectivity index is 1.94. The minimum absolute atomic E-state index is 0.139. The molecule has 0 bridgehead atoms. The van der Waals surface area contributed by atoms with Gasteiger partial charge in [0, 0.05) is 0 Å². The van der Waals surface area contributed by atoms with Crippen molar-refractivity contribution < 1.29 is 15.0 Å². The van der Waals surface area contributed by atoms with E-state index in [0.717, 1.165) is 32.2 Å². The summed E-state index contributed by atoms with van der Waals surface area (Å²) in [6.07, 6.45) is 3.28. The van der Waals surface area contributed by atoms with Crippen LogP contribution in [0.5, 0.6) is 0 Å². The number of piperidine rings is 1. The van der Waals surface area contributed by atoms with E-state index in [0.29, 0.717) is 11.5 Å². The summed E-state index contributed by atoms with van der Waals surface area (Å²) in [4.78, 5) is 12.5. The highest BCUT2D eigenvalue weighted by atomic mass is 16.3. The van der Waals surface area contributed by atoms with E-state index in [1.165, 1.54) is 0 Å². The number of hydrogen-bond donors (Lipinski definition) is 4. The van der Waals surface area contributed by atoms with E-state index in [-0.39, 0.29) is 18.6 Å². The molecule has 1 aromatic carbocycles. The van der Waals surface area contributed by atoms with Gasteiger partial charge in [0.25, 0.3) is 0 Å². The molecule has 5 heteroatoms. The highest BCUT2D eigenvalue weighted by Gasteiger charge is 2.29. The molecule has 1 amide bonds. The molecule has 1 aromatic rings. The van der Waals surface area contributed by atoms with E-state index < -0.39 is 12.1 Å². The van der Waals surface area contributed by atoms with Crippen molar-refractivity contribution in [3.05, 3.63) is 35.9 Å². The molecule has 0 unspecified atom stereocenters.